The van der Waals surface area contributed by atoms with Crippen molar-refractivity contribution in [2.75, 3.05) is 18.9 Å². The summed E-state index contributed by atoms with van der Waals surface area (Å²) in [7, 11) is 0. The van der Waals surface area contributed by atoms with Crippen LogP contribution in [0.5, 0.6) is 0 Å². The zero-order valence-corrected chi connectivity index (χ0v) is 10.4. The van der Waals surface area contributed by atoms with Gasteiger partial charge in [0.25, 0.3) is 5.22 Å². The molecule has 0 aromatic carbocycles. The van der Waals surface area contributed by atoms with Crippen LogP contribution >= 0.6 is 11.8 Å². The van der Waals surface area contributed by atoms with Gasteiger partial charge in [0.05, 0.1) is 13.2 Å². The van der Waals surface area contributed by atoms with E-state index in [1.54, 1.807) is 6.92 Å². The van der Waals surface area contributed by atoms with Crippen molar-refractivity contribution in [3.05, 3.63) is 5.89 Å². The van der Waals surface area contributed by atoms with Gasteiger partial charge in [-0.3, -0.25) is 0 Å². The van der Waals surface area contributed by atoms with Crippen LogP contribution in [0.1, 0.15) is 17.6 Å². The number of esters is 1. The standard InChI is InChI=1S/C9H11N3O5S/c1-2-15-7(13)6-11-12-9(17-6)18-4-5-3-10-8(14)16-5/h5H,2-4H2,1H3,(H,10,14). The maximum absolute atomic E-state index is 11.3. The molecule has 1 unspecified atom stereocenters. The molecule has 0 saturated carbocycles. The van der Waals surface area contributed by atoms with Gasteiger partial charge in [-0.05, 0) is 6.92 Å². The van der Waals surface area contributed by atoms with Crippen LogP contribution in [0.25, 0.3) is 0 Å². The number of carbonyl (C=O) groups excluding carboxylic acids is 2. The zero-order valence-electron chi connectivity index (χ0n) is 9.54. The van der Waals surface area contributed by atoms with Gasteiger partial charge in [0, 0.05) is 5.75 Å². The largest absolute Gasteiger partial charge is 0.459 e. The first-order valence-electron chi connectivity index (χ1n) is 5.27. The summed E-state index contributed by atoms with van der Waals surface area (Å²) in [5, 5.41) is 10.0. The molecule has 2 rings (SSSR count). The average Bonchev–Trinajstić information content (AvgIpc) is 2.95. The molecule has 0 aliphatic carbocycles. The van der Waals surface area contributed by atoms with Gasteiger partial charge < -0.3 is 19.2 Å². The third-order valence-corrected chi connectivity index (χ3v) is 2.95. The first kappa shape index (κ1) is 12.7. The van der Waals surface area contributed by atoms with Crippen molar-refractivity contribution in [1.29, 1.82) is 0 Å². The number of nitrogens with zero attached hydrogens (tertiary/aromatic N) is 2. The summed E-state index contributed by atoms with van der Waals surface area (Å²) < 4.78 is 14.7. The van der Waals surface area contributed by atoms with Crippen molar-refractivity contribution >= 4 is 23.8 Å². The lowest BCUT2D eigenvalue weighted by atomic mass is 10.4. The van der Waals surface area contributed by atoms with Crippen LogP contribution in [-0.4, -0.2) is 47.3 Å². The maximum atomic E-state index is 11.3. The molecular formula is C9H11N3O5S. The zero-order chi connectivity index (χ0) is 13.0. The van der Waals surface area contributed by atoms with E-state index in [4.69, 9.17) is 13.9 Å². The minimum absolute atomic E-state index is 0.180. The number of carbonyl (C=O) groups is 2. The fourth-order valence-electron chi connectivity index (χ4n) is 1.23. The van der Waals surface area contributed by atoms with Crippen molar-refractivity contribution in [2.45, 2.75) is 18.3 Å². The smallest absolute Gasteiger partial charge is 0.407 e. The van der Waals surface area contributed by atoms with Gasteiger partial charge >= 0.3 is 18.0 Å². The van der Waals surface area contributed by atoms with E-state index in [9.17, 15) is 9.59 Å². The van der Waals surface area contributed by atoms with Gasteiger partial charge in [-0.15, -0.1) is 5.10 Å². The van der Waals surface area contributed by atoms with Crippen LogP contribution in [0, 0.1) is 0 Å². The summed E-state index contributed by atoms with van der Waals surface area (Å²) in [5.41, 5.74) is 0. The summed E-state index contributed by atoms with van der Waals surface area (Å²) >= 11 is 1.21. The molecule has 0 spiro atoms. The number of hydrogen-bond acceptors (Lipinski definition) is 8. The number of hydrogen-bond donors (Lipinski definition) is 1. The fourth-order valence-corrected chi connectivity index (χ4v) is 1.98. The highest BCUT2D eigenvalue weighted by molar-refractivity contribution is 7.99. The second kappa shape index (κ2) is 5.71. The van der Waals surface area contributed by atoms with E-state index in [0.717, 1.165) is 0 Å². The van der Waals surface area contributed by atoms with Gasteiger partial charge in [-0.1, -0.05) is 16.9 Å². The van der Waals surface area contributed by atoms with E-state index < -0.39 is 12.1 Å². The molecule has 1 aliphatic rings. The molecule has 98 valence electrons. The molecular weight excluding hydrogens is 262 g/mol. The lowest BCUT2D eigenvalue weighted by Gasteiger charge is -2.03. The van der Waals surface area contributed by atoms with Crippen molar-refractivity contribution in [1.82, 2.24) is 15.5 Å². The molecule has 1 saturated heterocycles. The van der Waals surface area contributed by atoms with Crippen molar-refractivity contribution in [2.24, 2.45) is 0 Å². The quantitative estimate of drug-likeness (QED) is 0.609. The minimum Gasteiger partial charge on any atom is -0.459 e. The lowest BCUT2D eigenvalue weighted by Crippen LogP contribution is -2.16. The normalized spacial score (nSPS) is 18.3. The molecule has 1 atom stereocenters. The Hall–Kier alpha value is -1.77. The Morgan fingerprint density at radius 1 is 1.61 bits per heavy atom. The second-order valence-electron chi connectivity index (χ2n) is 3.31. The van der Waals surface area contributed by atoms with E-state index in [-0.39, 0.29) is 23.8 Å². The Kier molecular flexibility index (Phi) is 4.03. The summed E-state index contributed by atoms with van der Waals surface area (Å²) in [4.78, 5) is 22.0. The second-order valence-corrected chi connectivity index (χ2v) is 4.28. The molecule has 18 heavy (non-hydrogen) atoms. The van der Waals surface area contributed by atoms with E-state index in [1.165, 1.54) is 11.8 Å². The number of aromatic nitrogens is 2. The third kappa shape index (κ3) is 3.13. The van der Waals surface area contributed by atoms with Crippen molar-refractivity contribution in [3.8, 4) is 0 Å². The van der Waals surface area contributed by atoms with Gasteiger partial charge in [0.2, 0.25) is 0 Å². The van der Waals surface area contributed by atoms with Gasteiger partial charge in [-0.25, -0.2) is 9.59 Å². The number of amides is 1. The van der Waals surface area contributed by atoms with Crippen LogP contribution in [0.3, 0.4) is 0 Å². The topological polar surface area (TPSA) is 104 Å². The van der Waals surface area contributed by atoms with Crippen LogP contribution in [-0.2, 0) is 9.47 Å². The van der Waals surface area contributed by atoms with Crippen molar-refractivity contribution in [3.63, 3.8) is 0 Å². The predicted molar refractivity (Wildman–Crippen MR) is 59.3 cm³/mol. The summed E-state index contributed by atoms with van der Waals surface area (Å²) in [6, 6.07) is 0. The molecule has 1 aliphatic heterocycles. The van der Waals surface area contributed by atoms with Crippen LogP contribution in [0.15, 0.2) is 9.64 Å². The Bertz CT molecular complexity index is 449. The lowest BCUT2D eigenvalue weighted by molar-refractivity contribution is 0.0475. The molecule has 9 heteroatoms. The summed E-state index contributed by atoms with van der Waals surface area (Å²) in [6.07, 6.45) is -0.668. The molecule has 1 aromatic rings. The van der Waals surface area contributed by atoms with Crippen LogP contribution in [0.4, 0.5) is 4.79 Å². The molecule has 1 fully saturated rings. The van der Waals surface area contributed by atoms with Crippen LogP contribution in [0.2, 0.25) is 0 Å². The highest BCUT2D eigenvalue weighted by atomic mass is 32.2. The monoisotopic (exact) mass is 273 g/mol. The summed E-state index contributed by atoms with van der Waals surface area (Å²) in [5.74, 6) is -0.352. The Morgan fingerprint density at radius 3 is 3.11 bits per heavy atom. The Labute approximate surface area is 106 Å². The molecule has 1 amide bonds. The number of thioether (sulfide) groups is 1. The highest BCUT2D eigenvalue weighted by Gasteiger charge is 2.24. The van der Waals surface area contributed by atoms with Crippen molar-refractivity contribution < 1.29 is 23.5 Å². The van der Waals surface area contributed by atoms with Crippen LogP contribution < -0.4 is 5.32 Å². The molecule has 8 nitrogen and oxygen atoms in total. The van der Waals surface area contributed by atoms with Gasteiger partial charge in [0.1, 0.15) is 6.10 Å². The minimum atomic E-state index is -0.647. The van der Waals surface area contributed by atoms with E-state index in [1.807, 2.05) is 0 Å². The molecule has 0 radical (unpaired) electrons. The Balaban J connectivity index is 1.83. The first-order valence-corrected chi connectivity index (χ1v) is 6.25. The van der Waals surface area contributed by atoms with Gasteiger partial charge in [0.15, 0.2) is 0 Å². The SMILES string of the molecule is CCOC(=O)c1nnc(SCC2CNC(=O)O2)o1. The molecule has 1 N–H and O–H groups in total. The highest BCUT2D eigenvalue weighted by Crippen LogP contribution is 2.19. The fraction of sp³-hybridized carbons (Fsp3) is 0.556. The molecule has 0 bridgehead atoms. The van der Waals surface area contributed by atoms with Gasteiger partial charge in [-0.2, -0.15) is 0 Å². The van der Waals surface area contributed by atoms with E-state index >= 15 is 0 Å². The summed E-state index contributed by atoms with van der Waals surface area (Å²) in [6.45, 7) is 2.38. The number of rotatable bonds is 5. The number of alkyl carbamates (subject to hydrolysis) is 1. The third-order valence-electron chi connectivity index (χ3n) is 2.00. The maximum Gasteiger partial charge on any atom is 0.407 e. The predicted octanol–water partition coefficient (Wildman–Crippen LogP) is 0.447. The van der Waals surface area contributed by atoms with E-state index in [0.29, 0.717) is 12.3 Å². The average molecular weight is 273 g/mol. The van der Waals surface area contributed by atoms with E-state index in [2.05, 4.69) is 15.5 Å². The first-order chi connectivity index (χ1) is 8.69. The number of ether oxygens (including phenoxy) is 2. The molecule has 1 aromatic heterocycles. The number of nitrogens with one attached hydrogen (secondary N) is 1. The number of cyclic esters (lactones) is 1. The Morgan fingerprint density at radius 2 is 2.44 bits per heavy atom. The molecule has 2 heterocycles.